The number of nitriles is 1. The first kappa shape index (κ1) is 18.7. The van der Waals surface area contributed by atoms with Crippen LogP contribution in [0.15, 0.2) is 36.0 Å². The second-order valence-electron chi connectivity index (χ2n) is 5.20. The number of para-hydroxylation sites is 1. The van der Waals surface area contributed by atoms with Crippen LogP contribution < -0.4 is 10.6 Å². The van der Waals surface area contributed by atoms with E-state index in [0.29, 0.717) is 13.2 Å². The SMILES string of the molecule is CCCCOCCCNC(=O)/C(C#N)=C\Nc1ccccc1C. The number of carbonyl (C=O) groups is 1. The van der Waals surface area contributed by atoms with Crippen molar-refractivity contribution < 1.29 is 9.53 Å². The number of nitrogens with zero attached hydrogens (tertiary/aromatic N) is 1. The quantitative estimate of drug-likeness (QED) is 0.395. The van der Waals surface area contributed by atoms with Crippen LogP contribution in [-0.2, 0) is 9.53 Å². The molecule has 0 aliphatic heterocycles. The van der Waals surface area contributed by atoms with Crippen LogP contribution in [0.5, 0.6) is 0 Å². The van der Waals surface area contributed by atoms with Crippen molar-refractivity contribution in [3.8, 4) is 6.07 Å². The molecule has 0 aliphatic rings. The van der Waals surface area contributed by atoms with Crippen LogP contribution in [0.2, 0.25) is 0 Å². The van der Waals surface area contributed by atoms with Gasteiger partial charge in [0, 0.05) is 31.6 Å². The fourth-order valence-electron chi connectivity index (χ4n) is 1.85. The lowest BCUT2D eigenvalue weighted by molar-refractivity contribution is -0.117. The molecule has 0 atom stereocenters. The highest BCUT2D eigenvalue weighted by atomic mass is 16.5. The predicted molar refractivity (Wildman–Crippen MR) is 91.9 cm³/mol. The van der Waals surface area contributed by atoms with Crippen LogP contribution in [-0.4, -0.2) is 25.7 Å². The van der Waals surface area contributed by atoms with Crippen LogP contribution in [0.25, 0.3) is 0 Å². The molecule has 0 radical (unpaired) electrons. The molecule has 1 amide bonds. The first-order valence-electron chi connectivity index (χ1n) is 7.97. The first-order chi connectivity index (χ1) is 11.2. The Morgan fingerprint density at radius 2 is 2.04 bits per heavy atom. The highest BCUT2D eigenvalue weighted by Gasteiger charge is 2.08. The zero-order valence-corrected chi connectivity index (χ0v) is 13.9. The highest BCUT2D eigenvalue weighted by molar-refractivity contribution is 5.97. The lowest BCUT2D eigenvalue weighted by Crippen LogP contribution is -2.26. The third-order valence-electron chi connectivity index (χ3n) is 3.28. The van der Waals surface area contributed by atoms with Gasteiger partial charge in [-0.2, -0.15) is 5.26 Å². The minimum absolute atomic E-state index is 0.0557. The van der Waals surface area contributed by atoms with E-state index in [0.717, 1.165) is 37.1 Å². The standard InChI is InChI=1S/C18H25N3O2/c1-3-4-11-23-12-7-10-20-18(22)16(13-19)14-21-17-9-6-5-8-15(17)2/h5-6,8-9,14,21H,3-4,7,10-12H2,1-2H3,(H,20,22)/b16-14-. The van der Waals surface area contributed by atoms with Gasteiger partial charge < -0.3 is 15.4 Å². The maximum absolute atomic E-state index is 11.9. The molecule has 23 heavy (non-hydrogen) atoms. The molecular weight excluding hydrogens is 290 g/mol. The van der Waals surface area contributed by atoms with E-state index in [-0.39, 0.29) is 11.5 Å². The summed E-state index contributed by atoms with van der Waals surface area (Å²) in [4.78, 5) is 11.9. The zero-order valence-electron chi connectivity index (χ0n) is 13.9. The Kier molecular flexibility index (Phi) is 9.18. The molecule has 0 unspecified atom stereocenters. The van der Waals surface area contributed by atoms with Gasteiger partial charge in [-0.1, -0.05) is 31.5 Å². The number of amides is 1. The van der Waals surface area contributed by atoms with E-state index in [1.807, 2.05) is 37.3 Å². The molecule has 0 spiro atoms. The van der Waals surface area contributed by atoms with E-state index in [4.69, 9.17) is 10.00 Å². The number of unbranched alkanes of at least 4 members (excludes halogenated alkanes) is 1. The molecule has 5 heteroatoms. The average molecular weight is 315 g/mol. The van der Waals surface area contributed by atoms with Gasteiger partial charge in [-0.05, 0) is 31.4 Å². The number of benzene rings is 1. The van der Waals surface area contributed by atoms with Gasteiger partial charge in [0.2, 0.25) is 0 Å². The van der Waals surface area contributed by atoms with Gasteiger partial charge in [-0.3, -0.25) is 4.79 Å². The smallest absolute Gasteiger partial charge is 0.263 e. The van der Waals surface area contributed by atoms with E-state index < -0.39 is 0 Å². The van der Waals surface area contributed by atoms with Gasteiger partial charge in [0.1, 0.15) is 11.6 Å². The summed E-state index contributed by atoms with van der Waals surface area (Å²) in [6, 6.07) is 9.60. The van der Waals surface area contributed by atoms with Crippen molar-refractivity contribution in [3.05, 3.63) is 41.6 Å². The Bertz CT molecular complexity index is 562. The summed E-state index contributed by atoms with van der Waals surface area (Å²) < 4.78 is 5.42. The van der Waals surface area contributed by atoms with Crippen molar-refractivity contribution in [1.82, 2.24) is 5.32 Å². The van der Waals surface area contributed by atoms with Gasteiger partial charge in [0.05, 0.1) is 0 Å². The van der Waals surface area contributed by atoms with Gasteiger partial charge in [0.25, 0.3) is 5.91 Å². The van der Waals surface area contributed by atoms with Crippen molar-refractivity contribution in [2.24, 2.45) is 0 Å². The molecule has 5 nitrogen and oxygen atoms in total. The molecule has 1 aromatic carbocycles. The van der Waals surface area contributed by atoms with Crippen LogP contribution in [0.1, 0.15) is 31.7 Å². The molecule has 0 heterocycles. The minimum Gasteiger partial charge on any atom is -0.381 e. The number of anilines is 1. The summed E-state index contributed by atoms with van der Waals surface area (Å²) in [5, 5.41) is 14.8. The van der Waals surface area contributed by atoms with Crippen molar-refractivity contribution in [2.75, 3.05) is 25.1 Å². The van der Waals surface area contributed by atoms with Crippen molar-refractivity contribution in [2.45, 2.75) is 33.1 Å². The minimum atomic E-state index is -0.373. The van der Waals surface area contributed by atoms with Crippen LogP contribution in [0.4, 0.5) is 5.69 Å². The lowest BCUT2D eigenvalue weighted by Gasteiger charge is -2.07. The largest absolute Gasteiger partial charge is 0.381 e. The Morgan fingerprint density at radius 3 is 2.74 bits per heavy atom. The molecular formula is C18H25N3O2. The van der Waals surface area contributed by atoms with Crippen LogP contribution in [0.3, 0.4) is 0 Å². The number of aryl methyl sites for hydroxylation is 1. The number of ether oxygens (including phenoxy) is 1. The van der Waals surface area contributed by atoms with Gasteiger partial charge >= 0.3 is 0 Å². The van der Waals surface area contributed by atoms with E-state index >= 15 is 0 Å². The molecule has 0 saturated carbocycles. The fraction of sp³-hybridized carbons (Fsp3) is 0.444. The number of rotatable bonds is 10. The fourth-order valence-corrected chi connectivity index (χ4v) is 1.85. The highest BCUT2D eigenvalue weighted by Crippen LogP contribution is 2.13. The Labute approximate surface area is 138 Å². The third kappa shape index (κ3) is 7.48. The average Bonchev–Trinajstić information content (AvgIpc) is 2.56. The van der Waals surface area contributed by atoms with Crippen LogP contribution >= 0.6 is 0 Å². The maximum atomic E-state index is 11.9. The Balaban J connectivity index is 2.36. The van der Waals surface area contributed by atoms with Crippen molar-refractivity contribution in [1.29, 1.82) is 5.26 Å². The zero-order chi connectivity index (χ0) is 16.9. The summed E-state index contributed by atoms with van der Waals surface area (Å²) in [7, 11) is 0. The molecule has 1 aromatic rings. The van der Waals surface area contributed by atoms with E-state index in [1.54, 1.807) is 0 Å². The normalized spacial score (nSPS) is 10.9. The van der Waals surface area contributed by atoms with E-state index in [1.165, 1.54) is 6.20 Å². The number of hydrogen-bond donors (Lipinski definition) is 2. The second-order valence-corrected chi connectivity index (χ2v) is 5.20. The first-order valence-corrected chi connectivity index (χ1v) is 7.97. The summed E-state index contributed by atoms with van der Waals surface area (Å²) in [6.45, 7) is 5.95. The summed E-state index contributed by atoms with van der Waals surface area (Å²) >= 11 is 0. The molecule has 0 fully saturated rings. The Morgan fingerprint density at radius 1 is 1.30 bits per heavy atom. The molecule has 0 saturated heterocycles. The molecule has 1 rings (SSSR count). The Hall–Kier alpha value is -2.32. The molecule has 0 aliphatic carbocycles. The number of nitrogens with one attached hydrogen (secondary N) is 2. The predicted octanol–water partition coefficient (Wildman–Crippen LogP) is 3.14. The lowest BCUT2D eigenvalue weighted by atomic mass is 10.2. The summed E-state index contributed by atoms with van der Waals surface area (Å²) in [6.07, 6.45) is 4.34. The number of hydrogen-bond acceptors (Lipinski definition) is 4. The molecule has 2 N–H and O–H groups in total. The second kappa shape index (κ2) is 11.3. The van der Waals surface area contributed by atoms with Gasteiger partial charge in [-0.25, -0.2) is 0 Å². The van der Waals surface area contributed by atoms with E-state index in [9.17, 15) is 4.79 Å². The van der Waals surface area contributed by atoms with Crippen molar-refractivity contribution >= 4 is 11.6 Å². The molecule has 0 aromatic heterocycles. The monoisotopic (exact) mass is 315 g/mol. The van der Waals surface area contributed by atoms with E-state index in [2.05, 4.69) is 17.6 Å². The topological polar surface area (TPSA) is 74.1 Å². The molecule has 0 bridgehead atoms. The summed E-state index contributed by atoms with van der Waals surface area (Å²) in [5.74, 6) is -0.373. The third-order valence-corrected chi connectivity index (χ3v) is 3.28. The maximum Gasteiger partial charge on any atom is 0.263 e. The number of carbonyl (C=O) groups excluding carboxylic acids is 1. The van der Waals surface area contributed by atoms with Crippen LogP contribution in [0, 0.1) is 18.3 Å². The van der Waals surface area contributed by atoms with Crippen molar-refractivity contribution in [3.63, 3.8) is 0 Å². The van der Waals surface area contributed by atoms with Gasteiger partial charge in [-0.15, -0.1) is 0 Å². The molecule has 124 valence electrons. The summed E-state index contributed by atoms with van der Waals surface area (Å²) in [5.41, 5.74) is 1.98. The van der Waals surface area contributed by atoms with Gasteiger partial charge in [0.15, 0.2) is 0 Å².